The number of fused-ring (bicyclic) bond motifs is 1. The van der Waals surface area contributed by atoms with E-state index in [4.69, 9.17) is 9.15 Å². The molecule has 2 aromatic heterocycles. The molecule has 6 heteroatoms. The van der Waals surface area contributed by atoms with E-state index in [1.165, 1.54) is 22.5 Å². The number of thiazole rings is 1. The Hall–Kier alpha value is -2.60. The van der Waals surface area contributed by atoms with Crippen molar-refractivity contribution in [2.75, 3.05) is 18.6 Å². The summed E-state index contributed by atoms with van der Waals surface area (Å²) in [5.41, 5.74) is 4.10. The van der Waals surface area contributed by atoms with Crippen molar-refractivity contribution in [3.05, 3.63) is 52.2 Å². The van der Waals surface area contributed by atoms with Gasteiger partial charge >= 0.3 is 0 Å². The molecule has 4 rings (SSSR count). The van der Waals surface area contributed by atoms with Gasteiger partial charge in [-0.05, 0) is 56.0 Å². The summed E-state index contributed by atoms with van der Waals surface area (Å²) >= 11 is 1.50. The minimum absolute atomic E-state index is 0.0484. The number of hydrogen-bond donors (Lipinski definition) is 0. The minimum atomic E-state index is 0.0484. The summed E-state index contributed by atoms with van der Waals surface area (Å²) in [6.45, 7) is 4.70. The summed E-state index contributed by atoms with van der Waals surface area (Å²) < 4.78 is 11.2. The van der Waals surface area contributed by atoms with Crippen LogP contribution in [-0.2, 0) is 17.6 Å². The van der Waals surface area contributed by atoms with E-state index < -0.39 is 0 Å². The quantitative estimate of drug-likeness (QED) is 0.664. The summed E-state index contributed by atoms with van der Waals surface area (Å²) in [4.78, 5) is 19.5. The first kappa shape index (κ1) is 17.8. The molecule has 0 atom stereocenters. The number of aromatic nitrogens is 1. The highest BCUT2D eigenvalue weighted by Crippen LogP contribution is 2.38. The van der Waals surface area contributed by atoms with Gasteiger partial charge in [0.25, 0.3) is 0 Å². The van der Waals surface area contributed by atoms with Crippen LogP contribution in [0.4, 0.5) is 5.69 Å². The summed E-state index contributed by atoms with van der Waals surface area (Å²) in [5.74, 6) is 2.41. The van der Waals surface area contributed by atoms with E-state index in [1.54, 1.807) is 7.11 Å². The third-order valence-electron chi connectivity index (χ3n) is 4.91. The number of methoxy groups -OCH3 is 1. The number of carbonyl (C=O) groups is 1. The Labute approximate surface area is 162 Å². The van der Waals surface area contributed by atoms with Gasteiger partial charge in [-0.2, -0.15) is 0 Å². The van der Waals surface area contributed by atoms with Crippen LogP contribution in [0.25, 0.3) is 10.8 Å². The fraction of sp³-hybridized carbons (Fsp3) is 0.333. The number of nitrogens with zero attached hydrogens (tertiary/aromatic N) is 2. The summed E-state index contributed by atoms with van der Waals surface area (Å²) in [6, 6.07) is 7.83. The zero-order valence-electron chi connectivity index (χ0n) is 15.7. The van der Waals surface area contributed by atoms with Crippen LogP contribution >= 0.6 is 11.3 Å². The maximum Gasteiger partial charge on any atom is 0.233 e. The molecule has 1 aliphatic rings. The number of aryl methyl sites for hydroxylation is 2. The highest BCUT2D eigenvalue weighted by Gasteiger charge is 2.27. The van der Waals surface area contributed by atoms with E-state index in [1.807, 2.05) is 35.4 Å². The first-order chi connectivity index (χ1) is 13.1. The third kappa shape index (κ3) is 3.37. The first-order valence-corrected chi connectivity index (χ1v) is 9.93. The lowest BCUT2D eigenvalue weighted by Crippen LogP contribution is -2.37. The molecule has 27 heavy (non-hydrogen) atoms. The standard InChI is InChI=1S/C21H22N2O3S/c1-13-6-8-17(25-3)20-16(13)5-4-10-23(20)19(24)11-15-12-27-21(22-15)18-9-7-14(2)26-18/h6-9,12H,4-5,10-11H2,1-3H3. The highest BCUT2D eigenvalue weighted by atomic mass is 32.1. The lowest BCUT2D eigenvalue weighted by Gasteiger charge is -2.32. The molecule has 1 aliphatic heterocycles. The van der Waals surface area contributed by atoms with Crippen LogP contribution in [-0.4, -0.2) is 24.5 Å². The van der Waals surface area contributed by atoms with Gasteiger partial charge in [0.2, 0.25) is 5.91 Å². The Kier molecular flexibility index (Phi) is 4.74. The molecule has 0 aliphatic carbocycles. The van der Waals surface area contributed by atoms with Gasteiger partial charge in [-0.1, -0.05) is 6.07 Å². The second kappa shape index (κ2) is 7.19. The van der Waals surface area contributed by atoms with E-state index in [0.29, 0.717) is 6.54 Å². The van der Waals surface area contributed by atoms with Gasteiger partial charge in [0.15, 0.2) is 10.8 Å². The molecule has 0 saturated heterocycles. The highest BCUT2D eigenvalue weighted by molar-refractivity contribution is 7.13. The summed E-state index contributed by atoms with van der Waals surface area (Å²) in [5, 5.41) is 2.74. The molecule has 1 aromatic carbocycles. The number of amides is 1. The maximum atomic E-state index is 13.1. The van der Waals surface area contributed by atoms with Crippen molar-refractivity contribution < 1.29 is 13.9 Å². The van der Waals surface area contributed by atoms with Crippen LogP contribution in [0.15, 0.2) is 34.1 Å². The van der Waals surface area contributed by atoms with Crippen molar-refractivity contribution in [2.45, 2.75) is 33.1 Å². The average Bonchev–Trinajstić information content (AvgIpc) is 3.30. The SMILES string of the molecule is COc1ccc(C)c2c1N(C(=O)Cc1csc(-c3ccc(C)o3)n1)CCC2. The van der Waals surface area contributed by atoms with E-state index in [2.05, 4.69) is 18.0 Å². The molecule has 140 valence electrons. The fourth-order valence-corrected chi connectivity index (χ4v) is 4.35. The minimum Gasteiger partial charge on any atom is -0.495 e. The lowest BCUT2D eigenvalue weighted by molar-refractivity contribution is -0.118. The molecule has 0 N–H and O–H groups in total. The summed E-state index contributed by atoms with van der Waals surface area (Å²) in [7, 11) is 1.65. The van der Waals surface area contributed by atoms with Gasteiger partial charge in [-0.25, -0.2) is 4.98 Å². The average molecular weight is 382 g/mol. The summed E-state index contributed by atoms with van der Waals surface area (Å²) in [6.07, 6.45) is 2.20. The molecular formula is C21H22N2O3S. The lowest BCUT2D eigenvalue weighted by atomic mass is 9.96. The molecule has 0 spiro atoms. The van der Waals surface area contributed by atoms with Crippen LogP contribution in [0.1, 0.15) is 29.0 Å². The van der Waals surface area contributed by atoms with Crippen molar-refractivity contribution in [1.82, 2.24) is 4.98 Å². The normalized spacial score (nSPS) is 13.5. The Morgan fingerprint density at radius 3 is 2.89 bits per heavy atom. The number of benzene rings is 1. The Balaban J connectivity index is 1.59. The number of rotatable bonds is 4. The largest absolute Gasteiger partial charge is 0.495 e. The molecule has 0 radical (unpaired) electrons. The molecule has 0 fully saturated rings. The van der Waals surface area contributed by atoms with E-state index in [0.717, 1.165) is 46.5 Å². The molecule has 0 unspecified atom stereocenters. The number of ether oxygens (including phenoxy) is 1. The number of furan rings is 1. The number of carbonyl (C=O) groups excluding carboxylic acids is 1. The Morgan fingerprint density at radius 1 is 1.30 bits per heavy atom. The van der Waals surface area contributed by atoms with Crippen molar-refractivity contribution in [3.63, 3.8) is 0 Å². The monoisotopic (exact) mass is 382 g/mol. The van der Waals surface area contributed by atoms with Crippen molar-refractivity contribution in [1.29, 1.82) is 0 Å². The van der Waals surface area contributed by atoms with Crippen LogP contribution in [0.2, 0.25) is 0 Å². The molecule has 3 heterocycles. The van der Waals surface area contributed by atoms with Crippen molar-refractivity contribution in [2.24, 2.45) is 0 Å². The predicted octanol–water partition coefficient (Wildman–Crippen LogP) is 4.55. The second-order valence-corrected chi connectivity index (χ2v) is 7.65. The van der Waals surface area contributed by atoms with Gasteiger partial charge < -0.3 is 14.1 Å². The van der Waals surface area contributed by atoms with Gasteiger partial charge in [-0.15, -0.1) is 11.3 Å². The first-order valence-electron chi connectivity index (χ1n) is 9.05. The maximum absolute atomic E-state index is 13.1. The third-order valence-corrected chi connectivity index (χ3v) is 5.82. The molecule has 1 amide bonds. The molecule has 0 bridgehead atoms. The van der Waals surface area contributed by atoms with Crippen LogP contribution in [0.3, 0.4) is 0 Å². The van der Waals surface area contributed by atoms with Crippen LogP contribution in [0, 0.1) is 13.8 Å². The van der Waals surface area contributed by atoms with Crippen molar-refractivity contribution >= 4 is 22.9 Å². The number of hydrogen-bond acceptors (Lipinski definition) is 5. The zero-order chi connectivity index (χ0) is 19.0. The van der Waals surface area contributed by atoms with Gasteiger partial charge in [0.1, 0.15) is 11.5 Å². The predicted molar refractivity (Wildman–Crippen MR) is 107 cm³/mol. The molecular weight excluding hydrogens is 360 g/mol. The molecule has 0 saturated carbocycles. The van der Waals surface area contributed by atoms with Gasteiger partial charge in [0.05, 0.1) is 24.9 Å². The Morgan fingerprint density at radius 2 is 2.15 bits per heavy atom. The molecule has 3 aromatic rings. The van der Waals surface area contributed by atoms with E-state index >= 15 is 0 Å². The molecule has 5 nitrogen and oxygen atoms in total. The topological polar surface area (TPSA) is 55.6 Å². The van der Waals surface area contributed by atoms with Crippen LogP contribution in [0.5, 0.6) is 5.75 Å². The van der Waals surface area contributed by atoms with Crippen molar-refractivity contribution in [3.8, 4) is 16.5 Å². The van der Waals surface area contributed by atoms with Crippen LogP contribution < -0.4 is 9.64 Å². The zero-order valence-corrected chi connectivity index (χ0v) is 16.6. The fourth-order valence-electron chi connectivity index (χ4n) is 3.57. The van der Waals surface area contributed by atoms with E-state index in [-0.39, 0.29) is 12.3 Å². The van der Waals surface area contributed by atoms with Gasteiger partial charge in [-0.3, -0.25) is 4.79 Å². The second-order valence-electron chi connectivity index (χ2n) is 6.79. The number of anilines is 1. The van der Waals surface area contributed by atoms with Gasteiger partial charge in [0, 0.05) is 11.9 Å². The smallest absolute Gasteiger partial charge is 0.233 e. The van der Waals surface area contributed by atoms with E-state index in [9.17, 15) is 4.79 Å². The Bertz CT molecular complexity index is 989.